The van der Waals surface area contributed by atoms with Crippen molar-refractivity contribution in [2.24, 2.45) is 5.92 Å². The summed E-state index contributed by atoms with van der Waals surface area (Å²) in [4.78, 5) is 14.0. The maximum absolute atomic E-state index is 13.1. The Morgan fingerprint density at radius 1 is 1.32 bits per heavy atom. The number of ether oxygens (including phenoxy) is 1. The van der Waals surface area contributed by atoms with E-state index in [1.54, 1.807) is 6.92 Å². The standard InChI is InChI=1S/C20H28FNO3/c1-3-16-12-18(13-25-20(16,2)19(23)24)22-10-8-15(9-11-22)14-4-6-17(21)7-5-14/h4-7,15-16,18H,3,8-13H2,1-2H3,(H,23,24). The lowest BCUT2D eigenvalue weighted by Crippen LogP contribution is -2.56. The van der Waals surface area contributed by atoms with Gasteiger partial charge in [0, 0.05) is 6.04 Å². The molecule has 0 saturated carbocycles. The first kappa shape index (κ1) is 18.3. The summed E-state index contributed by atoms with van der Waals surface area (Å²) < 4.78 is 18.9. The van der Waals surface area contributed by atoms with Gasteiger partial charge in [0.25, 0.3) is 0 Å². The number of aliphatic carboxylic acids is 1. The molecule has 0 amide bonds. The van der Waals surface area contributed by atoms with Gasteiger partial charge >= 0.3 is 5.97 Å². The highest BCUT2D eigenvalue weighted by atomic mass is 19.1. The molecule has 2 fully saturated rings. The zero-order valence-corrected chi connectivity index (χ0v) is 15.1. The lowest BCUT2D eigenvalue weighted by atomic mass is 9.79. The molecular weight excluding hydrogens is 321 g/mol. The number of halogens is 1. The van der Waals surface area contributed by atoms with Crippen LogP contribution < -0.4 is 0 Å². The Kier molecular flexibility index (Phi) is 5.44. The van der Waals surface area contributed by atoms with Gasteiger partial charge in [0.15, 0.2) is 5.60 Å². The van der Waals surface area contributed by atoms with Gasteiger partial charge in [0.05, 0.1) is 6.61 Å². The van der Waals surface area contributed by atoms with Crippen LogP contribution >= 0.6 is 0 Å². The van der Waals surface area contributed by atoms with E-state index in [-0.39, 0.29) is 11.7 Å². The van der Waals surface area contributed by atoms with Crippen LogP contribution in [0.3, 0.4) is 0 Å². The number of carboxylic acid groups (broad SMARTS) is 1. The van der Waals surface area contributed by atoms with Crippen LogP contribution in [0, 0.1) is 11.7 Å². The fraction of sp³-hybridized carbons (Fsp3) is 0.650. The van der Waals surface area contributed by atoms with Crippen LogP contribution in [0.1, 0.15) is 51.0 Å². The molecule has 0 aromatic heterocycles. The third-order valence-electron chi connectivity index (χ3n) is 6.22. The number of carboxylic acids is 1. The highest BCUT2D eigenvalue weighted by Crippen LogP contribution is 2.37. The van der Waals surface area contributed by atoms with Crippen molar-refractivity contribution in [1.82, 2.24) is 4.90 Å². The second-order valence-corrected chi connectivity index (χ2v) is 7.58. The van der Waals surface area contributed by atoms with Crippen LogP contribution in [0.25, 0.3) is 0 Å². The molecule has 2 aliphatic heterocycles. The maximum atomic E-state index is 13.1. The first-order valence-electron chi connectivity index (χ1n) is 9.31. The molecule has 2 saturated heterocycles. The van der Waals surface area contributed by atoms with Crippen molar-refractivity contribution in [1.29, 1.82) is 0 Å². The Balaban J connectivity index is 1.58. The minimum Gasteiger partial charge on any atom is -0.479 e. The average Bonchev–Trinajstić information content (AvgIpc) is 2.63. The van der Waals surface area contributed by atoms with Crippen molar-refractivity contribution in [2.45, 2.75) is 57.1 Å². The average molecular weight is 349 g/mol. The Morgan fingerprint density at radius 3 is 2.52 bits per heavy atom. The van der Waals surface area contributed by atoms with Gasteiger partial charge in [-0.25, -0.2) is 9.18 Å². The summed E-state index contributed by atoms with van der Waals surface area (Å²) in [5.41, 5.74) is 0.156. The Labute approximate surface area is 149 Å². The topological polar surface area (TPSA) is 49.8 Å². The summed E-state index contributed by atoms with van der Waals surface area (Å²) in [6, 6.07) is 7.16. The molecule has 138 valence electrons. The van der Waals surface area contributed by atoms with Gasteiger partial charge in [-0.05, 0) is 75.2 Å². The maximum Gasteiger partial charge on any atom is 0.335 e. The normalized spacial score (nSPS) is 31.8. The highest BCUT2D eigenvalue weighted by Gasteiger charge is 2.47. The Morgan fingerprint density at radius 2 is 1.96 bits per heavy atom. The smallest absolute Gasteiger partial charge is 0.335 e. The molecule has 0 spiro atoms. The molecule has 25 heavy (non-hydrogen) atoms. The molecule has 1 aromatic carbocycles. The van der Waals surface area contributed by atoms with Crippen LogP contribution in [0.5, 0.6) is 0 Å². The summed E-state index contributed by atoms with van der Waals surface area (Å²) in [5.74, 6) is -0.522. The lowest BCUT2D eigenvalue weighted by molar-refractivity contribution is -0.187. The molecule has 1 N–H and O–H groups in total. The first-order chi connectivity index (χ1) is 11.9. The fourth-order valence-corrected chi connectivity index (χ4v) is 4.39. The van der Waals surface area contributed by atoms with Crippen LogP contribution in [0.15, 0.2) is 24.3 Å². The highest BCUT2D eigenvalue weighted by molar-refractivity contribution is 5.77. The van der Waals surface area contributed by atoms with Crippen molar-refractivity contribution >= 4 is 5.97 Å². The Bertz CT molecular complexity index is 597. The monoisotopic (exact) mass is 349 g/mol. The van der Waals surface area contributed by atoms with Gasteiger partial charge in [-0.1, -0.05) is 19.1 Å². The zero-order valence-electron chi connectivity index (χ0n) is 15.1. The zero-order chi connectivity index (χ0) is 18.0. The van der Waals surface area contributed by atoms with Crippen LogP contribution in [0.2, 0.25) is 0 Å². The van der Waals surface area contributed by atoms with Crippen LogP contribution in [0.4, 0.5) is 4.39 Å². The van der Waals surface area contributed by atoms with Gasteiger partial charge in [-0.3, -0.25) is 4.90 Å². The number of piperidine rings is 1. The number of hydrogen-bond donors (Lipinski definition) is 1. The van der Waals surface area contributed by atoms with Crippen molar-refractivity contribution < 1.29 is 19.0 Å². The number of benzene rings is 1. The number of carbonyl (C=O) groups is 1. The molecule has 3 atom stereocenters. The number of rotatable bonds is 4. The third kappa shape index (κ3) is 3.72. The number of hydrogen-bond acceptors (Lipinski definition) is 3. The van der Waals surface area contributed by atoms with Crippen molar-refractivity contribution in [2.75, 3.05) is 19.7 Å². The van der Waals surface area contributed by atoms with Gasteiger partial charge in [0.2, 0.25) is 0 Å². The van der Waals surface area contributed by atoms with E-state index in [2.05, 4.69) is 4.90 Å². The summed E-state index contributed by atoms with van der Waals surface area (Å²) >= 11 is 0. The van der Waals surface area contributed by atoms with E-state index >= 15 is 0 Å². The third-order valence-corrected chi connectivity index (χ3v) is 6.22. The van der Waals surface area contributed by atoms with E-state index in [1.807, 2.05) is 19.1 Å². The molecule has 2 aliphatic rings. The first-order valence-corrected chi connectivity index (χ1v) is 9.31. The molecule has 2 heterocycles. The second kappa shape index (κ2) is 7.42. The van der Waals surface area contributed by atoms with Crippen LogP contribution in [-0.4, -0.2) is 47.3 Å². The Hall–Kier alpha value is -1.46. The van der Waals surface area contributed by atoms with E-state index in [9.17, 15) is 14.3 Å². The SMILES string of the molecule is CCC1CC(N2CCC(c3ccc(F)cc3)CC2)COC1(C)C(=O)O. The molecule has 5 heteroatoms. The molecule has 0 bridgehead atoms. The molecule has 3 rings (SSSR count). The van der Waals surface area contributed by atoms with Gasteiger partial charge < -0.3 is 9.84 Å². The summed E-state index contributed by atoms with van der Waals surface area (Å²) in [6.45, 7) is 6.20. The van der Waals surface area contributed by atoms with E-state index in [0.29, 0.717) is 18.6 Å². The minimum absolute atomic E-state index is 0.0403. The number of nitrogens with zero attached hydrogens (tertiary/aromatic N) is 1. The lowest BCUT2D eigenvalue weighted by Gasteiger charge is -2.46. The van der Waals surface area contributed by atoms with Crippen molar-refractivity contribution in [3.63, 3.8) is 0 Å². The molecule has 0 aliphatic carbocycles. The predicted molar refractivity (Wildman–Crippen MR) is 94.1 cm³/mol. The molecule has 3 unspecified atom stereocenters. The van der Waals surface area contributed by atoms with Gasteiger partial charge in [0.1, 0.15) is 5.82 Å². The predicted octanol–water partition coefficient (Wildman–Crippen LogP) is 3.66. The van der Waals surface area contributed by atoms with E-state index in [0.717, 1.165) is 38.8 Å². The summed E-state index contributed by atoms with van der Waals surface area (Å²) in [5, 5.41) is 9.51. The molecule has 0 radical (unpaired) electrons. The second-order valence-electron chi connectivity index (χ2n) is 7.58. The fourth-order valence-electron chi connectivity index (χ4n) is 4.39. The van der Waals surface area contributed by atoms with E-state index in [4.69, 9.17) is 4.74 Å². The molecule has 1 aromatic rings. The van der Waals surface area contributed by atoms with Gasteiger partial charge in [-0.15, -0.1) is 0 Å². The molecule has 4 nitrogen and oxygen atoms in total. The van der Waals surface area contributed by atoms with Gasteiger partial charge in [-0.2, -0.15) is 0 Å². The largest absolute Gasteiger partial charge is 0.479 e. The van der Waals surface area contributed by atoms with Crippen molar-refractivity contribution in [3.05, 3.63) is 35.6 Å². The van der Waals surface area contributed by atoms with Crippen molar-refractivity contribution in [3.8, 4) is 0 Å². The molecular formula is C20H28FNO3. The van der Waals surface area contributed by atoms with E-state index in [1.165, 1.54) is 17.7 Å². The quantitative estimate of drug-likeness (QED) is 0.901. The minimum atomic E-state index is -1.06. The van der Waals surface area contributed by atoms with Crippen LogP contribution in [-0.2, 0) is 9.53 Å². The summed E-state index contributed by atoms with van der Waals surface area (Å²) in [7, 11) is 0. The summed E-state index contributed by atoms with van der Waals surface area (Å²) in [6.07, 6.45) is 3.79. The van der Waals surface area contributed by atoms with E-state index < -0.39 is 11.6 Å². The number of likely N-dealkylation sites (tertiary alicyclic amines) is 1.